The third-order valence-corrected chi connectivity index (χ3v) is 3.87. The minimum absolute atomic E-state index is 0.322. The molecular weight excluding hydrogens is 335 g/mol. The van der Waals surface area contributed by atoms with Gasteiger partial charge in [0.15, 0.2) is 0 Å². The summed E-state index contributed by atoms with van der Waals surface area (Å²) in [5.41, 5.74) is 2.30. The maximum Gasteiger partial charge on any atom is 0.234 e. The summed E-state index contributed by atoms with van der Waals surface area (Å²) in [5, 5.41) is 0. The van der Waals surface area contributed by atoms with Crippen LogP contribution >= 0.6 is 0 Å². The first-order chi connectivity index (χ1) is 12.7. The van der Waals surface area contributed by atoms with E-state index in [9.17, 15) is 4.39 Å². The van der Waals surface area contributed by atoms with Crippen LogP contribution in [0.3, 0.4) is 0 Å². The van der Waals surface area contributed by atoms with E-state index in [1.165, 1.54) is 19.2 Å². The van der Waals surface area contributed by atoms with Crippen LogP contribution in [0.25, 0.3) is 16.9 Å². The average molecular weight is 350 g/mol. The Morgan fingerprint density at radius 2 is 1.96 bits per heavy atom. The molecular formula is C19H15FN4O2. The Labute approximate surface area is 148 Å². The number of halogens is 1. The average Bonchev–Trinajstić information content (AvgIpc) is 3.09. The quantitative estimate of drug-likeness (QED) is 0.551. The van der Waals surface area contributed by atoms with E-state index in [2.05, 4.69) is 15.0 Å². The Morgan fingerprint density at radius 1 is 1.12 bits per heavy atom. The van der Waals surface area contributed by atoms with E-state index in [0.717, 1.165) is 22.6 Å². The summed E-state index contributed by atoms with van der Waals surface area (Å²) >= 11 is 0. The SMILES string of the molecule is COc1cc(F)ccc1-c1cnc2nc(COc3ccncc3)cn2c1. The van der Waals surface area contributed by atoms with Crippen molar-refractivity contribution < 1.29 is 13.9 Å². The number of benzene rings is 1. The van der Waals surface area contributed by atoms with E-state index in [1.807, 2.05) is 16.8 Å². The lowest BCUT2D eigenvalue weighted by Crippen LogP contribution is -1.95. The molecule has 0 amide bonds. The molecule has 0 saturated carbocycles. The molecule has 130 valence electrons. The van der Waals surface area contributed by atoms with Gasteiger partial charge in [0.2, 0.25) is 5.78 Å². The fourth-order valence-electron chi connectivity index (χ4n) is 2.64. The second-order valence-electron chi connectivity index (χ2n) is 5.60. The predicted octanol–water partition coefficient (Wildman–Crippen LogP) is 3.52. The Bertz CT molecular complexity index is 1050. The lowest BCUT2D eigenvalue weighted by molar-refractivity contribution is 0.301. The number of hydrogen-bond acceptors (Lipinski definition) is 5. The molecule has 3 aromatic heterocycles. The van der Waals surface area contributed by atoms with Crippen LogP contribution < -0.4 is 9.47 Å². The number of imidazole rings is 1. The highest BCUT2D eigenvalue weighted by molar-refractivity contribution is 5.69. The zero-order valence-corrected chi connectivity index (χ0v) is 14.0. The van der Waals surface area contributed by atoms with Gasteiger partial charge in [-0.1, -0.05) is 0 Å². The molecule has 4 aromatic rings. The number of ether oxygens (including phenoxy) is 2. The fraction of sp³-hybridized carbons (Fsp3) is 0.105. The molecule has 0 bridgehead atoms. The Balaban J connectivity index is 1.62. The third kappa shape index (κ3) is 3.19. The maximum atomic E-state index is 13.4. The van der Waals surface area contributed by atoms with E-state index in [-0.39, 0.29) is 5.82 Å². The van der Waals surface area contributed by atoms with Crippen molar-refractivity contribution in [3.8, 4) is 22.6 Å². The van der Waals surface area contributed by atoms with Gasteiger partial charge in [0.25, 0.3) is 0 Å². The first-order valence-corrected chi connectivity index (χ1v) is 7.93. The van der Waals surface area contributed by atoms with Crippen LogP contribution in [0.2, 0.25) is 0 Å². The summed E-state index contributed by atoms with van der Waals surface area (Å²) in [5.74, 6) is 1.38. The highest BCUT2D eigenvalue weighted by Gasteiger charge is 2.10. The first-order valence-electron chi connectivity index (χ1n) is 7.93. The van der Waals surface area contributed by atoms with Crippen molar-refractivity contribution in [3.05, 3.63) is 72.8 Å². The van der Waals surface area contributed by atoms with Crippen LogP contribution in [0.4, 0.5) is 4.39 Å². The molecule has 26 heavy (non-hydrogen) atoms. The van der Waals surface area contributed by atoms with Gasteiger partial charge in [-0.25, -0.2) is 14.4 Å². The summed E-state index contributed by atoms with van der Waals surface area (Å²) in [6, 6.07) is 7.98. The van der Waals surface area contributed by atoms with E-state index in [4.69, 9.17) is 9.47 Å². The van der Waals surface area contributed by atoms with Gasteiger partial charge in [-0.2, -0.15) is 0 Å². The molecule has 0 spiro atoms. The van der Waals surface area contributed by atoms with Crippen LogP contribution in [0.1, 0.15) is 5.69 Å². The van der Waals surface area contributed by atoms with Gasteiger partial charge in [0.05, 0.1) is 12.8 Å². The molecule has 0 radical (unpaired) electrons. The van der Waals surface area contributed by atoms with Gasteiger partial charge in [0.1, 0.15) is 23.9 Å². The molecule has 0 atom stereocenters. The number of fused-ring (bicyclic) bond motifs is 1. The summed E-state index contributed by atoms with van der Waals surface area (Å²) in [6.07, 6.45) is 8.75. The van der Waals surface area contributed by atoms with Crippen LogP contribution in [0.5, 0.6) is 11.5 Å². The summed E-state index contributed by atoms with van der Waals surface area (Å²) < 4.78 is 26.2. The summed E-state index contributed by atoms with van der Waals surface area (Å²) in [7, 11) is 1.51. The lowest BCUT2D eigenvalue weighted by atomic mass is 10.1. The highest BCUT2D eigenvalue weighted by Crippen LogP contribution is 2.30. The normalized spacial score (nSPS) is 10.8. The zero-order chi connectivity index (χ0) is 17.9. The van der Waals surface area contributed by atoms with Crippen LogP contribution in [-0.2, 0) is 6.61 Å². The first kappa shape index (κ1) is 16.0. The fourth-order valence-corrected chi connectivity index (χ4v) is 2.64. The molecule has 0 aliphatic heterocycles. The highest BCUT2D eigenvalue weighted by atomic mass is 19.1. The van der Waals surface area contributed by atoms with Crippen LogP contribution in [0.15, 0.2) is 61.3 Å². The van der Waals surface area contributed by atoms with Gasteiger partial charge >= 0.3 is 0 Å². The monoisotopic (exact) mass is 350 g/mol. The third-order valence-electron chi connectivity index (χ3n) is 3.87. The van der Waals surface area contributed by atoms with Crippen molar-refractivity contribution in [2.45, 2.75) is 6.61 Å². The second kappa shape index (κ2) is 6.79. The largest absolute Gasteiger partial charge is 0.496 e. The van der Waals surface area contributed by atoms with Crippen molar-refractivity contribution in [3.63, 3.8) is 0 Å². The van der Waals surface area contributed by atoms with Gasteiger partial charge in [-0.3, -0.25) is 9.38 Å². The van der Waals surface area contributed by atoms with Gasteiger partial charge < -0.3 is 9.47 Å². The predicted molar refractivity (Wildman–Crippen MR) is 93.5 cm³/mol. The molecule has 0 unspecified atom stereocenters. The lowest BCUT2D eigenvalue weighted by Gasteiger charge is -2.08. The smallest absolute Gasteiger partial charge is 0.234 e. The van der Waals surface area contributed by atoms with Crippen LogP contribution in [-0.4, -0.2) is 26.5 Å². The molecule has 0 aliphatic rings. The zero-order valence-electron chi connectivity index (χ0n) is 14.0. The molecule has 3 heterocycles. The minimum atomic E-state index is -0.349. The number of nitrogens with zero attached hydrogens (tertiary/aromatic N) is 4. The molecule has 7 heteroatoms. The van der Waals surface area contributed by atoms with E-state index < -0.39 is 0 Å². The molecule has 0 aliphatic carbocycles. The van der Waals surface area contributed by atoms with E-state index >= 15 is 0 Å². The van der Waals surface area contributed by atoms with Crippen molar-refractivity contribution in [1.29, 1.82) is 0 Å². The Kier molecular flexibility index (Phi) is 4.18. The number of rotatable bonds is 5. The van der Waals surface area contributed by atoms with Crippen LogP contribution in [0, 0.1) is 5.82 Å². The minimum Gasteiger partial charge on any atom is -0.496 e. The van der Waals surface area contributed by atoms with Crippen molar-refractivity contribution in [1.82, 2.24) is 19.4 Å². The second-order valence-corrected chi connectivity index (χ2v) is 5.60. The van der Waals surface area contributed by atoms with Crippen molar-refractivity contribution in [2.24, 2.45) is 0 Å². The summed E-state index contributed by atoms with van der Waals surface area (Å²) in [6.45, 7) is 0.322. The molecule has 0 fully saturated rings. The molecule has 1 aromatic carbocycles. The van der Waals surface area contributed by atoms with E-state index in [1.54, 1.807) is 36.8 Å². The van der Waals surface area contributed by atoms with E-state index in [0.29, 0.717) is 18.1 Å². The van der Waals surface area contributed by atoms with Crippen molar-refractivity contribution >= 4 is 5.78 Å². The van der Waals surface area contributed by atoms with Gasteiger partial charge in [-0.15, -0.1) is 0 Å². The Hall–Kier alpha value is -3.48. The summed E-state index contributed by atoms with van der Waals surface area (Å²) in [4.78, 5) is 12.8. The molecule has 6 nitrogen and oxygen atoms in total. The maximum absolute atomic E-state index is 13.4. The van der Waals surface area contributed by atoms with Gasteiger partial charge in [-0.05, 0) is 24.3 Å². The molecule has 4 rings (SSSR count). The van der Waals surface area contributed by atoms with Gasteiger partial charge in [0, 0.05) is 48.2 Å². The molecule has 0 saturated heterocycles. The number of hydrogen-bond donors (Lipinski definition) is 0. The number of pyridine rings is 1. The molecule has 0 N–H and O–H groups in total. The topological polar surface area (TPSA) is 61.5 Å². The number of aromatic nitrogens is 4. The Morgan fingerprint density at radius 3 is 2.77 bits per heavy atom. The van der Waals surface area contributed by atoms with Crippen molar-refractivity contribution in [2.75, 3.05) is 7.11 Å². The number of methoxy groups -OCH3 is 1. The standard InChI is InChI=1S/C19H15FN4O2/c1-25-18-8-14(20)2-3-17(18)13-9-22-19-23-15(11-24(19)10-13)12-26-16-4-6-21-7-5-16/h2-11H,12H2,1H3.